The van der Waals surface area contributed by atoms with Crippen LogP contribution in [-0.4, -0.2) is 66.3 Å². The maximum Gasteiger partial charge on any atom is 0.372 e. The maximum absolute atomic E-state index is 11.7. The van der Waals surface area contributed by atoms with E-state index in [0.717, 1.165) is 18.7 Å². The topological polar surface area (TPSA) is 103 Å². The molecule has 0 radical (unpaired) electrons. The van der Waals surface area contributed by atoms with Crippen molar-refractivity contribution < 1.29 is 19.1 Å². The van der Waals surface area contributed by atoms with Gasteiger partial charge in [0.05, 0.1) is 39.7 Å². The molecule has 1 aromatic carbocycles. The third kappa shape index (κ3) is 4.25. The molecule has 0 spiro atoms. The van der Waals surface area contributed by atoms with Gasteiger partial charge in [0.2, 0.25) is 11.5 Å². The predicted molar refractivity (Wildman–Crippen MR) is 115 cm³/mol. The Labute approximate surface area is 179 Å². The van der Waals surface area contributed by atoms with Crippen molar-refractivity contribution in [2.24, 2.45) is 0 Å². The lowest BCUT2D eigenvalue weighted by Gasteiger charge is -2.35. The van der Waals surface area contributed by atoms with E-state index >= 15 is 0 Å². The van der Waals surface area contributed by atoms with Crippen molar-refractivity contribution in [3.05, 3.63) is 58.3 Å². The van der Waals surface area contributed by atoms with Crippen molar-refractivity contribution in [3.63, 3.8) is 0 Å². The van der Waals surface area contributed by atoms with Gasteiger partial charge in [0.15, 0.2) is 11.5 Å². The largest absolute Gasteiger partial charge is 0.493 e. The summed E-state index contributed by atoms with van der Waals surface area (Å²) in [5.74, 6) is 1.45. The highest BCUT2D eigenvalue weighted by atomic mass is 16.6. The molecule has 4 rings (SSSR count). The van der Waals surface area contributed by atoms with Gasteiger partial charge in [0.1, 0.15) is 0 Å². The Morgan fingerprint density at radius 3 is 2.68 bits per heavy atom. The summed E-state index contributed by atoms with van der Waals surface area (Å²) in [6.07, 6.45) is 1.64. The first-order valence-corrected chi connectivity index (χ1v) is 10.0. The van der Waals surface area contributed by atoms with E-state index in [0.29, 0.717) is 36.9 Å². The van der Waals surface area contributed by atoms with Crippen molar-refractivity contribution in [2.75, 3.05) is 52.4 Å². The monoisotopic (exact) mass is 427 g/mol. The summed E-state index contributed by atoms with van der Waals surface area (Å²) >= 11 is 0. The highest BCUT2D eigenvalue weighted by Gasteiger charge is 2.27. The molecule has 31 heavy (non-hydrogen) atoms. The van der Waals surface area contributed by atoms with Gasteiger partial charge in [-0.25, -0.2) is 0 Å². The molecule has 10 nitrogen and oxygen atoms in total. The highest BCUT2D eigenvalue weighted by Crippen LogP contribution is 2.33. The van der Waals surface area contributed by atoms with Crippen LogP contribution in [-0.2, 0) is 4.74 Å². The van der Waals surface area contributed by atoms with Crippen molar-refractivity contribution in [2.45, 2.75) is 6.04 Å². The van der Waals surface area contributed by atoms with Crippen LogP contribution in [0.15, 0.2) is 42.6 Å². The minimum Gasteiger partial charge on any atom is -0.493 e. The number of nitrogens with one attached hydrogen (secondary N) is 1. The summed E-state index contributed by atoms with van der Waals surface area (Å²) < 4.78 is 17.8. The maximum atomic E-state index is 11.7. The molecule has 0 amide bonds. The second-order valence-electron chi connectivity index (χ2n) is 7.13. The van der Waals surface area contributed by atoms with Gasteiger partial charge in [-0.1, -0.05) is 12.1 Å². The van der Waals surface area contributed by atoms with Gasteiger partial charge in [-0.15, -0.1) is 0 Å². The van der Waals surface area contributed by atoms with Crippen LogP contribution >= 0.6 is 0 Å². The molecule has 1 unspecified atom stereocenters. The zero-order valence-electron chi connectivity index (χ0n) is 17.5. The zero-order chi connectivity index (χ0) is 21.8. The van der Waals surface area contributed by atoms with Crippen LogP contribution in [0.4, 0.5) is 11.6 Å². The molecule has 10 heteroatoms. The summed E-state index contributed by atoms with van der Waals surface area (Å²) in [7, 11) is 3.20. The summed E-state index contributed by atoms with van der Waals surface area (Å²) in [6, 6.07) is 11.0. The lowest BCUT2D eigenvalue weighted by Crippen LogP contribution is -2.41. The number of aromatic nitrogens is 2. The van der Waals surface area contributed by atoms with Gasteiger partial charge in [-0.2, -0.15) is 9.38 Å². The Morgan fingerprint density at radius 1 is 1.19 bits per heavy atom. The number of benzene rings is 1. The van der Waals surface area contributed by atoms with Crippen LogP contribution in [0.3, 0.4) is 0 Å². The summed E-state index contributed by atoms with van der Waals surface area (Å²) in [6.45, 7) is 3.22. The van der Waals surface area contributed by atoms with E-state index in [2.05, 4.69) is 15.2 Å². The predicted octanol–water partition coefficient (Wildman–Crippen LogP) is 2.75. The van der Waals surface area contributed by atoms with Crippen molar-refractivity contribution >= 4 is 17.3 Å². The van der Waals surface area contributed by atoms with Crippen molar-refractivity contribution in [3.8, 4) is 11.5 Å². The van der Waals surface area contributed by atoms with Gasteiger partial charge in [0.25, 0.3) is 0 Å². The molecule has 1 aliphatic rings. The van der Waals surface area contributed by atoms with Gasteiger partial charge < -0.3 is 29.6 Å². The van der Waals surface area contributed by atoms with Gasteiger partial charge in [-0.05, 0) is 28.7 Å². The second-order valence-corrected chi connectivity index (χ2v) is 7.13. The summed E-state index contributed by atoms with van der Waals surface area (Å²) in [5, 5.41) is 14.9. The number of methoxy groups -OCH3 is 2. The summed E-state index contributed by atoms with van der Waals surface area (Å²) in [4.78, 5) is 18.0. The average Bonchev–Trinajstić information content (AvgIpc) is 3.18. The number of pyridine rings is 1. The first-order chi connectivity index (χ1) is 15.1. The minimum atomic E-state index is -0.414. The Kier molecular flexibility index (Phi) is 6.19. The molecule has 1 aliphatic heterocycles. The first kappa shape index (κ1) is 20.9. The molecule has 2 aromatic heterocycles. The number of fused-ring (bicyclic) bond motifs is 1. The minimum absolute atomic E-state index is 0.0619. The van der Waals surface area contributed by atoms with Crippen LogP contribution in [0.2, 0.25) is 0 Å². The van der Waals surface area contributed by atoms with E-state index in [1.54, 1.807) is 38.6 Å². The van der Waals surface area contributed by atoms with E-state index in [-0.39, 0.29) is 17.7 Å². The Morgan fingerprint density at radius 2 is 1.97 bits per heavy atom. The van der Waals surface area contributed by atoms with Crippen molar-refractivity contribution in [1.29, 1.82) is 0 Å². The van der Waals surface area contributed by atoms with Crippen LogP contribution in [0.1, 0.15) is 11.6 Å². The van der Waals surface area contributed by atoms with Gasteiger partial charge in [-0.3, -0.25) is 4.90 Å². The molecule has 164 valence electrons. The van der Waals surface area contributed by atoms with Gasteiger partial charge >= 0.3 is 5.82 Å². The Bertz CT molecular complexity index is 1060. The number of hydrogen-bond acceptors (Lipinski definition) is 8. The van der Waals surface area contributed by atoms with Crippen LogP contribution < -0.4 is 14.8 Å². The molecule has 0 saturated carbocycles. The Balaban J connectivity index is 1.65. The first-order valence-electron chi connectivity index (χ1n) is 10.0. The molecule has 3 heterocycles. The van der Waals surface area contributed by atoms with Crippen LogP contribution in [0.5, 0.6) is 11.5 Å². The Hall–Kier alpha value is -3.37. The van der Waals surface area contributed by atoms with E-state index in [9.17, 15) is 10.1 Å². The molecule has 1 N–H and O–H groups in total. The standard InChI is InChI=1S/C21H25N5O5/c1-29-17-7-6-15(13-18(17)30-2)16(24-9-11-31-12-10-24)14-22-20-21(26(27)28)25-8-4-3-5-19(25)23-20/h3-8,13,16,22H,9-12,14H2,1-2H3. The summed E-state index contributed by atoms with van der Waals surface area (Å²) in [5.41, 5.74) is 1.53. The quantitative estimate of drug-likeness (QED) is 0.432. The van der Waals surface area contributed by atoms with Gasteiger partial charge in [0, 0.05) is 25.7 Å². The lowest BCUT2D eigenvalue weighted by atomic mass is 10.0. The fourth-order valence-electron chi connectivity index (χ4n) is 3.88. The molecule has 3 aromatic rings. The molecular formula is C21H25N5O5. The zero-order valence-corrected chi connectivity index (χ0v) is 17.5. The number of imidazole rings is 1. The lowest BCUT2D eigenvalue weighted by molar-refractivity contribution is -0.389. The smallest absolute Gasteiger partial charge is 0.372 e. The number of rotatable bonds is 8. The van der Waals surface area contributed by atoms with E-state index < -0.39 is 4.92 Å². The third-order valence-corrected chi connectivity index (χ3v) is 5.42. The number of nitrogens with zero attached hydrogens (tertiary/aromatic N) is 4. The third-order valence-electron chi connectivity index (χ3n) is 5.42. The molecular weight excluding hydrogens is 402 g/mol. The fraction of sp³-hybridized carbons (Fsp3) is 0.381. The van der Waals surface area contributed by atoms with E-state index in [4.69, 9.17) is 14.2 Å². The number of anilines is 1. The molecule has 1 atom stereocenters. The van der Waals surface area contributed by atoms with E-state index in [1.165, 1.54) is 4.40 Å². The SMILES string of the molecule is COc1ccc(C(CNc2nc3ccccn3c2[N+](=O)[O-])N2CCOCC2)cc1OC. The number of morpholine rings is 1. The van der Waals surface area contributed by atoms with Crippen LogP contribution in [0.25, 0.3) is 5.65 Å². The second kappa shape index (κ2) is 9.19. The van der Waals surface area contributed by atoms with Crippen LogP contribution in [0, 0.1) is 10.1 Å². The number of nitro groups is 1. The normalized spacial score (nSPS) is 15.5. The molecule has 0 bridgehead atoms. The molecule has 0 aliphatic carbocycles. The highest BCUT2D eigenvalue weighted by molar-refractivity contribution is 5.62. The molecule has 1 fully saturated rings. The number of hydrogen-bond donors (Lipinski definition) is 1. The fourth-order valence-corrected chi connectivity index (χ4v) is 3.88. The average molecular weight is 427 g/mol. The van der Waals surface area contributed by atoms with Crippen molar-refractivity contribution in [1.82, 2.24) is 14.3 Å². The molecule has 1 saturated heterocycles. The number of ether oxygens (including phenoxy) is 3. The van der Waals surface area contributed by atoms with E-state index in [1.807, 2.05) is 18.2 Å².